The number of methoxy groups -OCH3 is 2. The molecule has 0 atom stereocenters. The fourth-order valence-corrected chi connectivity index (χ4v) is 2.86. The summed E-state index contributed by atoms with van der Waals surface area (Å²) in [5, 5.41) is 3.39. The first kappa shape index (κ1) is 16.0. The van der Waals surface area contributed by atoms with Crippen LogP contribution in [0.4, 0.5) is 5.00 Å². The van der Waals surface area contributed by atoms with Crippen LogP contribution in [0.2, 0.25) is 0 Å². The van der Waals surface area contributed by atoms with Crippen LogP contribution in [-0.2, 0) is 16.0 Å². The summed E-state index contributed by atoms with van der Waals surface area (Å²) in [5.74, 6) is 0.107. The Morgan fingerprint density at radius 3 is 2.64 bits per heavy atom. The summed E-state index contributed by atoms with van der Waals surface area (Å²) < 4.78 is 9.90. The van der Waals surface area contributed by atoms with Gasteiger partial charge in [0.2, 0.25) is 5.91 Å². The molecule has 0 saturated heterocycles. The second-order valence-corrected chi connectivity index (χ2v) is 5.78. The molecule has 0 bridgehead atoms. The van der Waals surface area contributed by atoms with Crippen LogP contribution in [0.5, 0.6) is 5.75 Å². The van der Waals surface area contributed by atoms with Crippen LogP contribution in [0.25, 0.3) is 0 Å². The number of amides is 1. The number of hydrogen-bond donors (Lipinski definition) is 1. The summed E-state index contributed by atoms with van der Waals surface area (Å²) in [4.78, 5) is 24.0. The molecule has 5 nitrogen and oxygen atoms in total. The minimum atomic E-state index is -0.411. The second-order valence-electron chi connectivity index (χ2n) is 4.70. The highest BCUT2D eigenvalue weighted by Crippen LogP contribution is 2.24. The summed E-state index contributed by atoms with van der Waals surface area (Å²) in [7, 11) is 2.90. The van der Waals surface area contributed by atoms with E-state index in [1.165, 1.54) is 18.4 Å². The summed E-state index contributed by atoms with van der Waals surface area (Å²) in [6, 6.07) is 9.01. The Morgan fingerprint density at radius 1 is 1.18 bits per heavy atom. The van der Waals surface area contributed by atoms with E-state index in [4.69, 9.17) is 4.74 Å². The van der Waals surface area contributed by atoms with E-state index in [0.29, 0.717) is 15.6 Å². The van der Waals surface area contributed by atoms with Gasteiger partial charge in [-0.2, -0.15) is 0 Å². The van der Waals surface area contributed by atoms with Gasteiger partial charge in [-0.3, -0.25) is 4.79 Å². The van der Waals surface area contributed by atoms with E-state index in [2.05, 4.69) is 10.1 Å². The normalized spacial score (nSPS) is 10.1. The van der Waals surface area contributed by atoms with Crippen LogP contribution in [0.1, 0.15) is 20.8 Å². The zero-order valence-electron chi connectivity index (χ0n) is 12.6. The molecule has 0 radical (unpaired) electrons. The van der Waals surface area contributed by atoms with Crippen molar-refractivity contribution in [1.29, 1.82) is 0 Å². The molecule has 0 aliphatic heterocycles. The van der Waals surface area contributed by atoms with E-state index in [9.17, 15) is 9.59 Å². The van der Waals surface area contributed by atoms with Crippen molar-refractivity contribution >= 4 is 28.2 Å². The first-order chi connectivity index (χ1) is 10.5. The average molecular weight is 319 g/mol. The van der Waals surface area contributed by atoms with Crippen LogP contribution in [-0.4, -0.2) is 26.1 Å². The Bertz CT molecular complexity index is 693. The molecule has 116 valence electrons. The van der Waals surface area contributed by atoms with E-state index in [0.717, 1.165) is 11.1 Å². The number of thiophene rings is 1. The number of carbonyl (C=O) groups is 2. The fraction of sp³-hybridized carbons (Fsp3) is 0.250. The van der Waals surface area contributed by atoms with Crippen molar-refractivity contribution in [2.24, 2.45) is 0 Å². The van der Waals surface area contributed by atoms with Crippen LogP contribution < -0.4 is 10.1 Å². The highest BCUT2D eigenvalue weighted by Gasteiger charge is 2.13. The van der Waals surface area contributed by atoms with Gasteiger partial charge in [0.15, 0.2) is 0 Å². The van der Waals surface area contributed by atoms with Gasteiger partial charge in [0.05, 0.1) is 25.6 Å². The number of anilines is 1. The van der Waals surface area contributed by atoms with Gasteiger partial charge in [0.25, 0.3) is 0 Å². The molecule has 0 aliphatic rings. The van der Waals surface area contributed by atoms with E-state index < -0.39 is 5.97 Å². The molecular formula is C16H17NO4S. The zero-order chi connectivity index (χ0) is 16.1. The summed E-state index contributed by atoms with van der Waals surface area (Å²) >= 11 is 1.18. The Morgan fingerprint density at radius 2 is 1.95 bits per heavy atom. The number of carbonyl (C=O) groups excluding carboxylic acids is 2. The number of rotatable bonds is 5. The quantitative estimate of drug-likeness (QED) is 0.860. The maximum atomic E-state index is 12.1. The number of aryl methyl sites for hydroxylation is 1. The van der Waals surface area contributed by atoms with Crippen molar-refractivity contribution in [2.45, 2.75) is 13.3 Å². The van der Waals surface area contributed by atoms with Crippen molar-refractivity contribution in [2.75, 3.05) is 19.5 Å². The highest BCUT2D eigenvalue weighted by molar-refractivity contribution is 7.18. The molecule has 1 heterocycles. The van der Waals surface area contributed by atoms with Gasteiger partial charge in [0.1, 0.15) is 10.6 Å². The number of nitrogens with one attached hydrogen (secondary N) is 1. The fourth-order valence-electron chi connectivity index (χ4n) is 2.02. The van der Waals surface area contributed by atoms with E-state index in [1.54, 1.807) is 19.2 Å². The molecule has 0 aliphatic carbocycles. The molecule has 0 spiro atoms. The van der Waals surface area contributed by atoms with Crippen molar-refractivity contribution < 1.29 is 19.1 Å². The van der Waals surface area contributed by atoms with E-state index in [1.807, 2.05) is 25.1 Å². The minimum absolute atomic E-state index is 0.165. The second kappa shape index (κ2) is 7.09. The summed E-state index contributed by atoms with van der Waals surface area (Å²) in [6.07, 6.45) is 0.205. The maximum Gasteiger partial charge on any atom is 0.348 e. The van der Waals surface area contributed by atoms with Crippen LogP contribution in [0, 0.1) is 6.92 Å². The lowest BCUT2D eigenvalue weighted by molar-refractivity contribution is -0.115. The number of hydrogen-bond acceptors (Lipinski definition) is 5. The largest absolute Gasteiger partial charge is 0.496 e. The molecule has 1 N–H and O–H groups in total. The highest BCUT2D eigenvalue weighted by atomic mass is 32.1. The third-order valence-electron chi connectivity index (χ3n) is 3.04. The number of ether oxygens (including phenoxy) is 2. The van der Waals surface area contributed by atoms with Crippen LogP contribution in [0.15, 0.2) is 30.3 Å². The molecule has 1 aromatic carbocycles. The van der Waals surface area contributed by atoms with Gasteiger partial charge in [-0.05, 0) is 25.1 Å². The third-order valence-corrected chi connectivity index (χ3v) is 4.02. The molecule has 1 amide bonds. The lowest BCUT2D eigenvalue weighted by Gasteiger charge is -2.09. The van der Waals surface area contributed by atoms with E-state index >= 15 is 0 Å². The monoisotopic (exact) mass is 319 g/mol. The van der Waals surface area contributed by atoms with Gasteiger partial charge in [-0.25, -0.2) is 4.79 Å². The molecule has 6 heteroatoms. The first-order valence-corrected chi connectivity index (χ1v) is 7.46. The predicted molar refractivity (Wildman–Crippen MR) is 85.7 cm³/mol. The Kier molecular flexibility index (Phi) is 5.16. The van der Waals surface area contributed by atoms with Crippen molar-refractivity contribution in [3.63, 3.8) is 0 Å². The lowest BCUT2D eigenvalue weighted by atomic mass is 10.1. The van der Waals surface area contributed by atoms with Crippen LogP contribution in [0.3, 0.4) is 0 Å². The van der Waals surface area contributed by atoms with Gasteiger partial charge < -0.3 is 14.8 Å². The SMILES string of the molecule is COC(=O)c1ccc(NC(=O)Cc2cc(C)ccc2OC)s1. The molecule has 2 rings (SSSR count). The molecule has 1 aromatic heterocycles. The Balaban J connectivity index is 2.06. The lowest BCUT2D eigenvalue weighted by Crippen LogP contribution is -2.14. The zero-order valence-corrected chi connectivity index (χ0v) is 13.5. The van der Waals surface area contributed by atoms with Crippen molar-refractivity contribution in [3.8, 4) is 5.75 Å². The molecule has 2 aromatic rings. The third kappa shape index (κ3) is 3.85. The topological polar surface area (TPSA) is 64.6 Å². The number of esters is 1. The average Bonchev–Trinajstić information content (AvgIpc) is 2.95. The molecule has 22 heavy (non-hydrogen) atoms. The predicted octanol–water partition coefficient (Wildman–Crippen LogP) is 3.03. The smallest absolute Gasteiger partial charge is 0.348 e. The summed E-state index contributed by atoms with van der Waals surface area (Å²) in [5.41, 5.74) is 1.89. The van der Waals surface area contributed by atoms with Gasteiger partial charge >= 0.3 is 5.97 Å². The van der Waals surface area contributed by atoms with Gasteiger partial charge in [-0.1, -0.05) is 17.7 Å². The molecular weight excluding hydrogens is 302 g/mol. The van der Waals surface area contributed by atoms with Gasteiger partial charge in [-0.15, -0.1) is 11.3 Å². The van der Waals surface area contributed by atoms with Crippen molar-refractivity contribution in [1.82, 2.24) is 0 Å². The molecule has 0 fully saturated rings. The van der Waals surface area contributed by atoms with Gasteiger partial charge in [0, 0.05) is 5.56 Å². The van der Waals surface area contributed by atoms with E-state index in [-0.39, 0.29) is 12.3 Å². The van der Waals surface area contributed by atoms with Crippen molar-refractivity contribution in [3.05, 3.63) is 46.3 Å². The molecule has 0 unspecified atom stereocenters. The number of benzene rings is 1. The van der Waals surface area contributed by atoms with Crippen LogP contribution >= 0.6 is 11.3 Å². The maximum absolute atomic E-state index is 12.1. The molecule has 0 saturated carbocycles. The summed E-state index contributed by atoms with van der Waals surface area (Å²) in [6.45, 7) is 1.96. The standard InChI is InChI=1S/C16H17NO4S/c1-10-4-5-12(20-2)11(8-10)9-14(18)17-15-7-6-13(22-15)16(19)21-3/h4-8H,9H2,1-3H3,(H,17,18). The first-order valence-electron chi connectivity index (χ1n) is 6.65. The minimum Gasteiger partial charge on any atom is -0.496 e. The Hall–Kier alpha value is -2.34. The Labute approximate surface area is 132 Å².